The monoisotopic (exact) mass is 401 g/mol. The maximum atomic E-state index is 5.42. The first-order valence-corrected chi connectivity index (χ1v) is 10.8. The average molecular weight is 402 g/mol. The summed E-state index contributed by atoms with van der Waals surface area (Å²) in [5, 5.41) is 3.16. The van der Waals surface area contributed by atoms with E-state index in [1.165, 1.54) is 10.3 Å². The van der Waals surface area contributed by atoms with Crippen LogP contribution in [0.2, 0.25) is 0 Å². The summed E-state index contributed by atoms with van der Waals surface area (Å²) < 4.78 is 3.30. The molecule has 0 aliphatic heterocycles. The summed E-state index contributed by atoms with van der Waals surface area (Å²) in [6.45, 7) is 8.62. The number of nitrogens with one attached hydrogen (secondary N) is 1. The lowest BCUT2D eigenvalue weighted by Crippen LogP contribution is -2.34. The highest BCUT2D eigenvalue weighted by Gasteiger charge is 2.17. The second-order valence-corrected chi connectivity index (χ2v) is 7.39. The Morgan fingerprint density at radius 3 is 2.44 bits per heavy atom. The molecule has 3 rings (SSSR count). The Balaban J connectivity index is 0.00000126. The standard InChI is InChI=1S/C18H21N5S2.C2H6/c1-13(21-19)15-10-8-14(9-11-15)12-23(22(2)24-3)18-20-16-6-4-5-7-17(16)25-18;1-2/h4-11,21H,1,12,19H2,2-3H3;1-2H3. The minimum atomic E-state index is 0.704. The number of rotatable bonds is 7. The summed E-state index contributed by atoms with van der Waals surface area (Å²) in [5.74, 6) is 5.42. The summed E-state index contributed by atoms with van der Waals surface area (Å²) in [6, 6.07) is 16.4. The van der Waals surface area contributed by atoms with Crippen molar-refractivity contribution < 1.29 is 0 Å². The molecule has 7 heteroatoms. The number of thiazole rings is 1. The van der Waals surface area contributed by atoms with E-state index < -0.39 is 0 Å². The van der Waals surface area contributed by atoms with E-state index in [0.717, 1.165) is 22.8 Å². The van der Waals surface area contributed by atoms with Gasteiger partial charge in [0.05, 0.1) is 16.8 Å². The molecule has 144 valence electrons. The number of hydrazine groups is 2. The fourth-order valence-electron chi connectivity index (χ4n) is 2.42. The van der Waals surface area contributed by atoms with Crippen LogP contribution in [0.1, 0.15) is 25.0 Å². The lowest BCUT2D eigenvalue weighted by molar-refractivity contribution is 0.505. The zero-order chi connectivity index (χ0) is 19.8. The minimum absolute atomic E-state index is 0.704. The second kappa shape index (κ2) is 10.3. The van der Waals surface area contributed by atoms with Gasteiger partial charge in [-0.25, -0.2) is 4.98 Å². The van der Waals surface area contributed by atoms with Crippen LogP contribution in [0.25, 0.3) is 15.9 Å². The molecule has 5 nitrogen and oxygen atoms in total. The van der Waals surface area contributed by atoms with Crippen LogP contribution in [0.4, 0.5) is 5.13 Å². The predicted molar refractivity (Wildman–Crippen MR) is 121 cm³/mol. The highest BCUT2D eigenvalue weighted by Crippen LogP contribution is 2.31. The van der Waals surface area contributed by atoms with E-state index in [9.17, 15) is 0 Å². The van der Waals surface area contributed by atoms with Crippen LogP contribution in [-0.2, 0) is 6.54 Å². The van der Waals surface area contributed by atoms with E-state index in [4.69, 9.17) is 10.8 Å². The molecular weight excluding hydrogens is 374 g/mol. The van der Waals surface area contributed by atoms with Crippen molar-refractivity contribution >= 4 is 44.3 Å². The first kappa shape index (κ1) is 21.2. The summed E-state index contributed by atoms with van der Waals surface area (Å²) in [4.78, 5) is 4.79. The molecule has 0 unspecified atom stereocenters. The smallest absolute Gasteiger partial charge is 0.202 e. The van der Waals surface area contributed by atoms with Crippen LogP contribution in [-0.4, -0.2) is 22.7 Å². The van der Waals surface area contributed by atoms with Crippen LogP contribution in [0.3, 0.4) is 0 Å². The number of hydrogen-bond donors (Lipinski definition) is 2. The molecule has 1 heterocycles. The second-order valence-electron chi connectivity index (χ2n) is 5.49. The third kappa shape index (κ3) is 5.23. The Hall–Kier alpha value is -2.06. The van der Waals surface area contributed by atoms with Gasteiger partial charge in [0.15, 0.2) is 0 Å². The summed E-state index contributed by atoms with van der Waals surface area (Å²) in [6.07, 6.45) is 2.06. The van der Waals surface area contributed by atoms with Gasteiger partial charge >= 0.3 is 0 Å². The van der Waals surface area contributed by atoms with Gasteiger partial charge in [-0.2, -0.15) is 4.41 Å². The zero-order valence-corrected chi connectivity index (χ0v) is 17.9. The lowest BCUT2D eigenvalue weighted by atomic mass is 10.1. The van der Waals surface area contributed by atoms with Gasteiger partial charge in [-0.05, 0) is 29.5 Å². The van der Waals surface area contributed by atoms with E-state index in [-0.39, 0.29) is 0 Å². The van der Waals surface area contributed by atoms with Crippen LogP contribution in [0.15, 0.2) is 55.1 Å². The predicted octanol–water partition coefficient (Wildman–Crippen LogP) is 4.89. The molecule has 3 aromatic rings. The molecule has 0 aliphatic rings. The number of para-hydroxylation sites is 1. The number of hydrogen-bond acceptors (Lipinski definition) is 7. The minimum Gasteiger partial charge on any atom is -0.324 e. The molecule has 0 saturated heterocycles. The number of fused-ring (bicyclic) bond motifs is 1. The molecule has 0 fully saturated rings. The largest absolute Gasteiger partial charge is 0.324 e. The van der Waals surface area contributed by atoms with Gasteiger partial charge in [-0.15, -0.1) is 0 Å². The third-order valence-electron chi connectivity index (χ3n) is 3.92. The SMILES string of the molecule is C=C(NN)c1ccc(CN(c2nc3ccccc3s2)N(C)SC)cc1.CC. The topological polar surface area (TPSA) is 57.4 Å². The molecule has 1 aromatic heterocycles. The summed E-state index contributed by atoms with van der Waals surface area (Å²) >= 11 is 3.35. The van der Waals surface area contributed by atoms with Crippen molar-refractivity contribution in [3.63, 3.8) is 0 Å². The maximum absolute atomic E-state index is 5.42. The molecule has 0 spiro atoms. The van der Waals surface area contributed by atoms with Gasteiger partial charge in [0.25, 0.3) is 0 Å². The quantitative estimate of drug-likeness (QED) is 0.334. The van der Waals surface area contributed by atoms with Crippen molar-refractivity contribution in [1.29, 1.82) is 0 Å². The van der Waals surface area contributed by atoms with Crippen molar-refractivity contribution in [3.8, 4) is 0 Å². The van der Waals surface area contributed by atoms with Crippen molar-refractivity contribution in [2.24, 2.45) is 5.84 Å². The molecule has 0 saturated carbocycles. The Morgan fingerprint density at radius 2 is 1.85 bits per heavy atom. The van der Waals surface area contributed by atoms with Crippen LogP contribution in [0, 0.1) is 0 Å². The first-order chi connectivity index (χ1) is 13.1. The third-order valence-corrected chi connectivity index (χ3v) is 5.69. The van der Waals surface area contributed by atoms with Crippen molar-refractivity contribution in [1.82, 2.24) is 14.8 Å². The number of anilines is 1. The van der Waals surface area contributed by atoms with Crippen molar-refractivity contribution in [3.05, 3.63) is 66.2 Å². The molecular formula is C20H27N5S2. The Morgan fingerprint density at radius 1 is 1.19 bits per heavy atom. The van der Waals surface area contributed by atoms with E-state index in [1.807, 2.05) is 51.2 Å². The van der Waals surface area contributed by atoms with E-state index >= 15 is 0 Å². The zero-order valence-electron chi connectivity index (χ0n) is 16.3. The van der Waals surface area contributed by atoms with Crippen molar-refractivity contribution in [2.45, 2.75) is 20.4 Å². The molecule has 0 bridgehead atoms. The fraction of sp³-hybridized carbons (Fsp3) is 0.250. The number of benzene rings is 2. The molecule has 0 radical (unpaired) electrons. The van der Waals surface area contributed by atoms with Crippen molar-refractivity contribution in [2.75, 3.05) is 18.3 Å². The van der Waals surface area contributed by atoms with E-state index in [0.29, 0.717) is 5.70 Å². The molecule has 0 atom stereocenters. The van der Waals surface area contributed by atoms with Gasteiger partial charge in [-0.1, -0.05) is 80.1 Å². The maximum Gasteiger partial charge on any atom is 0.202 e. The Kier molecular flexibility index (Phi) is 8.12. The van der Waals surface area contributed by atoms with Gasteiger partial charge in [0.1, 0.15) is 0 Å². The van der Waals surface area contributed by atoms with Gasteiger partial charge in [0.2, 0.25) is 5.13 Å². The van der Waals surface area contributed by atoms with E-state index in [2.05, 4.69) is 45.9 Å². The highest BCUT2D eigenvalue weighted by molar-refractivity contribution is 7.96. The summed E-state index contributed by atoms with van der Waals surface area (Å²) in [7, 11) is 2.05. The summed E-state index contributed by atoms with van der Waals surface area (Å²) in [5.41, 5.74) is 6.49. The Labute approximate surface area is 170 Å². The molecule has 27 heavy (non-hydrogen) atoms. The van der Waals surface area contributed by atoms with E-state index in [1.54, 1.807) is 23.3 Å². The van der Waals surface area contributed by atoms with Crippen LogP contribution in [0.5, 0.6) is 0 Å². The molecule has 2 aromatic carbocycles. The van der Waals surface area contributed by atoms with Gasteiger partial charge in [0, 0.05) is 12.7 Å². The fourth-order valence-corrected chi connectivity index (χ4v) is 3.81. The normalized spacial score (nSPS) is 10.4. The van der Waals surface area contributed by atoms with Gasteiger partial charge in [-0.3, -0.25) is 10.9 Å². The van der Waals surface area contributed by atoms with Gasteiger partial charge < -0.3 is 5.43 Å². The first-order valence-electron chi connectivity index (χ1n) is 8.78. The molecule has 0 aliphatic carbocycles. The highest BCUT2D eigenvalue weighted by atomic mass is 32.2. The number of aromatic nitrogens is 1. The van der Waals surface area contributed by atoms with Crippen LogP contribution >= 0.6 is 23.3 Å². The molecule has 0 amide bonds. The Bertz CT molecular complexity index is 827. The van der Waals surface area contributed by atoms with Crippen LogP contribution < -0.4 is 16.3 Å². The number of nitrogens with two attached hydrogens (primary N) is 1. The average Bonchev–Trinajstić information content (AvgIpc) is 3.16. The lowest BCUT2D eigenvalue weighted by Gasteiger charge is -2.29. The number of nitrogens with zero attached hydrogens (tertiary/aromatic N) is 3. The molecule has 3 N–H and O–H groups in total.